The second kappa shape index (κ2) is 8.79. The molecule has 2 aliphatic carbocycles. The van der Waals surface area contributed by atoms with Gasteiger partial charge < -0.3 is 20.5 Å². The van der Waals surface area contributed by atoms with Gasteiger partial charge in [0.2, 0.25) is 5.91 Å². The van der Waals surface area contributed by atoms with E-state index in [-0.39, 0.29) is 24.5 Å². The molecule has 31 heavy (non-hydrogen) atoms. The summed E-state index contributed by atoms with van der Waals surface area (Å²) in [5.41, 5.74) is 4.54. The summed E-state index contributed by atoms with van der Waals surface area (Å²) in [6.07, 6.45) is 0.937. The zero-order valence-electron chi connectivity index (χ0n) is 17.3. The average molecular weight is 422 g/mol. The number of amides is 2. The Kier molecular flexibility index (Phi) is 5.93. The second-order valence-corrected chi connectivity index (χ2v) is 8.25. The molecule has 7 nitrogen and oxygen atoms in total. The Morgan fingerprint density at radius 1 is 1.03 bits per heavy atom. The van der Waals surface area contributed by atoms with Crippen molar-refractivity contribution in [2.75, 3.05) is 6.61 Å². The predicted octanol–water partition coefficient (Wildman–Crippen LogP) is 3.28. The molecule has 3 N–H and O–H groups in total. The van der Waals surface area contributed by atoms with Crippen LogP contribution in [0.5, 0.6) is 0 Å². The maximum atomic E-state index is 12.4. The van der Waals surface area contributed by atoms with E-state index < -0.39 is 24.0 Å². The van der Waals surface area contributed by atoms with E-state index in [1.54, 1.807) is 6.92 Å². The van der Waals surface area contributed by atoms with Gasteiger partial charge in [0.25, 0.3) is 0 Å². The third-order valence-electron chi connectivity index (χ3n) is 6.20. The number of hydrogen-bond donors (Lipinski definition) is 3. The van der Waals surface area contributed by atoms with Gasteiger partial charge in [-0.2, -0.15) is 0 Å². The number of aliphatic carboxylic acids is 1. The van der Waals surface area contributed by atoms with Gasteiger partial charge in [-0.15, -0.1) is 0 Å². The highest BCUT2D eigenvalue weighted by atomic mass is 16.5. The van der Waals surface area contributed by atoms with Gasteiger partial charge in [-0.3, -0.25) is 9.59 Å². The molecule has 0 bridgehead atoms. The average Bonchev–Trinajstić information content (AvgIpc) is 3.35. The third-order valence-corrected chi connectivity index (χ3v) is 6.20. The normalized spacial score (nSPS) is 20.4. The van der Waals surface area contributed by atoms with Crippen LogP contribution in [0.15, 0.2) is 48.5 Å². The lowest BCUT2D eigenvalue weighted by Crippen LogP contribution is -2.47. The number of nitrogens with one attached hydrogen (secondary N) is 2. The Balaban J connectivity index is 1.30. The van der Waals surface area contributed by atoms with E-state index in [9.17, 15) is 14.4 Å². The fraction of sp³-hybridized carbons (Fsp3) is 0.375. The van der Waals surface area contributed by atoms with Crippen LogP contribution in [0, 0.1) is 5.92 Å². The molecule has 3 atom stereocenters. The first-order valence-corrected chi connectivity index (χ1v) is 10.6. The lowest BCUT2D eigenvalue weighted by atomic mass is 9.98. The molecule has 2 aliphatic rings. The highest BCUT2D eigenvalue weighted by molar-refractivity contribution is 5.85. The Morgan fingerprint density at radius 2 is 1.65 bits per heavy atom. The standard InChI is InChI=1S/C24H26N2O5/c1-14(22(27)26-16-11-10-15(12-16)23(28)29)25-24(30)31-13-21-19-8-4-2-6-17(19)18-7-3-5-9-20(18)21/h2-9,14-16,21H,10-13H2,1H3,(H,25,30)(H,26,27)(H,28,29)/t14-,15+,16-/m0/s1. The van der Waals surface area contributed by atoms with Gasteiger partial charge in [0.05, 0.1) is 5.92 Å². The van der Waals surface area contributed by atoms with Crippen molar-refractivity contribution < 1.29 is 24.2 Å². The van der Waals surface area contributed by atoms with E-state index in [0.29, 0.717) is 19.3 Å². The molecule has 0 radical (unpaired) electrons. The minimum absolute atomic E-state index is 0.0475. The number of carbonyl (C=O) groups excluding carboxylic acids is 2. The van der Waals surface area contributed by atoms with Crippen LogP contribution in [0.3, 0.4) is 0 Å². The van der Waals surface area contributed by atoms with Gasteiger partial charge in [-0.1, -0.05) is 48.5 Å². The molecule has 0 aromatic heterocycles. The topological polar surface area (TPSA) is 105 Å². The number of ether oxygens (including phenoxy) is 1. The number of alkyl carbamates (subject to hydrolysis) is 1. The Hall–Kier alpha value is -3.35. The molecule has 2 aromatic rings. The third kappa shape index (κ3) is 4.40. The monoisotopic (exact) mass is 422 g/mol. The fourth-order valence-electron chi connectivity index (χ4n) is 4.55. The number of fused-ring (bicyclic) bond motifs is 3. The minimum Gasteiger partial charge on any atom is -0.481 e. The molecule has 1 saturated carbocycles. The molecular weight excluding hydrogens is 396 g/mol. The maximum Gasteiger partial charge on any atom is 0.407 e. The van der Waals surface area contributed by atoms with Crippen LogP contribution in [0.4, 0.5) is 4.79 Å². The van der Waals surface area contributed by atoms with Gasteiger partial charge in [0.1, 0.15) is 12.6 Å². The van der Waals surface area contributed by atoms with Gasteiger partial charge in [-0.25, -0.2) is 4.79 Å². The van der Waals surface area contributed by atoms with E-state index in [2.05, 4.69) is 22.8 Å². The zero-order valence-corrected chi connectivity index (χ0v) is 17.3. The molecule has 0 saturated heterocycles. The number of carbonyl (C=O) groups is 3. The first-order chi connectivity index (χ1) is 14.9. The maximum absolute atomic E-state index is 12.4. The predicted molar refractivity (Wildman–Crippen MR) is 115 cm³/mol. The Bertz CT molecular complexity index is 959. The molecule has 4 rings (SSSR count). The van der Waals surface area contributed by atoms with E-state index in [1.165, 1.54) is 0 Å². The van der Waals surface area contributed by atoms with Crippen LogP contribution in [0.2, 0.25) is 0 Å². The molecule has 2 amide bonds. The van der Waals surface area contributed by atoms with Crippen LogP contribution in [-0.2, 0) is 14.3 Å². The summed E-state index contributed by atoms with van der Waals surface area (Å²) in [7, 11) is 0. The van der Waals surface area contributed by atoms with Crippen LogP contribution in [0.25, 0.3) is 11.1 Å². The summed E-state index contributed by atoms with van der Waals surface area (Å²) in [5, 5.41) is 14.5. The summed E-state index contributed by atoms with van der Waals surface area (Å²) in [4.78, 5) is 35.8. The number of rotatable bonds is 6. The van der Waals surface area contributed by atoms with Gasteiger partial charge in [0.15, 0.2) is 0 Å². The summed E-state index contributed by atoms with van der Waals surface area (Å²) < 4.78 is 5.47. The lowest BCUT2D eigenvalue weighted by Gasteiger charge is -2.19. The summed E-state index contributed by atoms with van der Waals surface area (Å²) in [6.45, 7) is 1.76. The molecule has 1 fully saturated rings. The molecule has 0 heterocycles. The van der Waals surface area contributed by atoms with Crippen molar-refractivity contribution in [1.82, 2.24) is 10.6 Å². The number of carboxylic acids is 1. The molecular formula is C24H26N2O5. The highest BCUT2D eigenvalue weighted by Gasteiger charge is 2.32. The number of benzene rings is 2. The molecule has 2 aromatic carbocycles. The summed E-state index contributed by atoms with van der Waals surface area (Å²) in [5.74, 6) is -1.64. The van der Waals surface area contributed by atoms with Gasteiger partial charge in [-0.05, 0) is 48.4 Å². The quantitative estimate of drug-likeness (QED) is 0.663. The van der Waals surface area contributed by atoms with E-state index in [1.807, 2.05) is 36.4 Å². The summed E-state index contributed by atoms with van der Waals surface area (Å²) in [6, 6.07) is 15.2. The largest absolute Gasteiger partial charge is 0.481 e. The second-order valence-electron chi connectivity index (χ2n) is 8.25. The smallest absolute Gasteiger partial charge is 0.407 e. The fourth-order valence-corrected chi connectivity index (χ4v) is 4.55. The molecule has 0 aliphatic heterocycles. The van der Waals surface area contributed by atoms with Crippen molar-refractivity contribution in [3.8, 4) is 11.1 Å². The van der Waals surface area contributed by atoms with Crippen molar-refractivity contribution in [3.63, 3.8) is 0 Å². The van der Waals surface area contributed by atoms with E-state index >= 15 is 0 Å². The van der Waals surface area contributed by atoms with Gasteiger partial charge in [0, 0.05) is 12.0 Å². The Morgan fingerprint density at radius 3 is 2.23 bits per heavy atom. The van der Waals surface area contributed by atoms with Crippen molar-refractivity contribution in [3.05, 3.63) is 59.7 Å². The van der Waals surface area contributed by atoms with Crippen LogP contribution < -0.4 is 10.6 Å². The number of hydrogen-bond acceptors (Lipinski definition) is 4. The van der Waals surface area contributed by atoms with Crippen molar-refractivity contribution >= 4 is 18.0 Å². The first kappa shape index (κ1) is 20.9. The SMILES string of the molecule is C[C@H](NC(=O)OCC1c2ccccc2-c2ccccc21)C(=O)N[C@H]1CC[C@@H](C(=O)O)C1. The van der Waals surface area contributed by atoms with E-state index in [4.69, 9.17) is 9.84 Å². The van der Waals surface area contributed by atoms with Crippen molar-refractivity contribution in [2.45, 2.75) is 44.2 Å². The molecule has 0 unspecified atom stereocenters. The van der Waals surface area contributed by atoms with Crippen molar-refractivity contribution in [1.29, 1.82) is 0 Å². The first-order valence-electron chi connectivity index (χ1n) is 10.6. The van der Waals surface area contributed by atoms with Crippen LogP contribution in [-0.4, -0.2) is 41.8 Å². The van der Waals surface area contributed by atoms with Crippen LogP contribution >= 0.6 is 0 Å². The Labute approximate surface area is 180 Å². The van der Waals surface area contributed by atoms with Crippen LogP contribution in [0.1, 0.15) is 43.2 Å². The van der Waals surface area contributed by atoms with Gasteiger partial charge >= 0.3 is 12.1 Å². The van der Waals surface area contributed by atoms with E-state index in [0.717, 1.165) is 22.3 Å². The van der Waals surface area contributed by atoms with Crippen molar-refractivity contribution in [2.24, 2.45) is 5.92 Å². The lowest BCUT2D eigenvalue weighted by molar-refractivity contribution is -0.141. The molecule has 162 valence electrons. The molecule has 0 spiro atoms. The summed E-state index contributed by atoms with van der Waals surface area (Å²) >= 11 is 0. The number of carboxylic acid groups (broad SMARTS) is 1. The minimum atomic E-state index is -0.832. The highest BCUT2D eigenvalue weighted by Crippen LogP contribution is 2.44. The molecule has 7 heteroatoms. The zero-order chi connectivity index (χ0) is 22.0.